The Morgan fingerprint density at radius 1 is 0.144 bits per heavy atom. The van der Waals surface area contributed by atoms with E-state index < -0.39 is 0 Å². The van der Waals surface area contributed by atoms with Gasteiger partial charge in [-0.1, -0.05) is 99.2 Å². The molecule has 676 valence electrons. The fourth-order valence-corrected chi connectivity index (χ4v) is 8.61. The van der Waals surface area contributed by atoms with Crippen LogP contribution < -0.4 is 18.9 Å². The zero-order valence-electron chi connectivity index (χ0n) is 71.4. The van der Waals surface area contributed by atoms with E-state index in [4.69, 9.17) is 142 Å². The molecule has 30 heteroatoms. The Hall–Kier alpha value is -6.00. The van der Waals surface area contributed by atoms with Crippen molar-refractivity contribution < 1.29 is 142 Å². The smallest absolute Gasteiger partial charge is 0.119 e. The van der Waals surface area contributed by atoms with Crippen LogP contribution in [-0.4, -0.2) is 372 Å². The molecule has 0 aliphatic carbocycles. The molecule has 0 amide bonds. The van der Waals surface area contributed by atoms with Gasteiger partial charge in [0.1, 0.15) is 49.4 Å². The minimum Gasteiger partial charge on any atom is -0.491 e. The highest BCUT2D eigenvalue weighted by Crippen LogP contribution is 2.16. The van der Waals surface area contributed by atoms with E-state index in [0.29, 0.717) is 344 Å². The lowest BCUT2D eigenvalue weighted by Gasteiger charge is -2.09. The highest BCUT2D eigenvalue weighted by atomic mass is 16.6. The van der Waals surface area contributed by atoms with E-state index in [9.17, 15) is 0 Å². The molecule has 0 unspecified atom stereocenters. The molecule has 0 atom stereocenters. The molecular formula is C88H144O30. The van der Waals surface area contributed by atoms with Crippen LogP contribution in [0.15, 0.2) is 123 Å². The number of benzene rings is 4. The molecule has 4 rings (SSSR count). The Labute approximate surface area is 704 Å². The quantitative estimate of drug-likeness (QED) is 0.0372. The highest BCUT2D eigenvalue weighted by molar-refractivity contribution is 5.50. The summed E-state index contributed by atoms with van der Waals surface area (Å²) in [7, 11) is 6.59. The maximum Gasteiger partial charge on any atom is 0.119 e. The Morgan fingerprint density at radius 2 is 0.237 bits per heavy atom. The van der Waals surface area contributed by atoms with E-state index in [1.165, 1.54) is 0 Å². The van der Waals surface area contributed by atoms with Gasteiger partial charge in [-0.25, -0.2) is 0 Å². The van der Waals surface area contributed by atoms with E-state index in [1.807, 2.05) is 97.1 Å². The van der Waals surface area contributed by atoms with Crippen molar-refractivity contribution in [2.75, 3.05) is 372 Å². The summed E-state index contributed by atoms with van der Waals surface area (Å²) >= 11 is 0. The van der Waals surface area contributed by atoms with Gasteiger partial charge in [0.2, 0.25) is 0 Å². The van der Waals surface area contributed by atoms with Gasteiger partial charge in [0.15, 0.2) is 0 Å². The summed E-state index contributed by atoms with van der Waals surface area (Å²) in [6, 6.07) is 31.0. The molecule has 0 saturated carbocycles. The summed E-state index contributed by atoms with van der Waals surface area (Å²) in [6.07, 6.45) is 7.20. The van der Waals surface area contributed by atoms with E-state index in [2.05, 4.69) is 26.3 Å². The van der Waals surface area contributed by atoms with Gasteiger partial charge < -0.3 is 142 Å². The predicted molar refractivity (Wildman–Crippen MR) is 454 cm³/mol. The summed E-state index contributed by atoms with van der Waals surface area (Å²) in [5.74, 6) is 3.29. The average Bonchev–Trinajstić information content (AvgIpc) is 0.940. The second-order valence-corrected chi connectivity index (χ2v) is 23.9. The van der Waals surface area contributed by atoms with Crippen molar-refractivity contribution in [3.05, 3.63) is 146 Å². The normalized spacial score (nSPS) is 10.9. The van der Waals surface area contributed by atoms with Crippen molar-refractivity contribution in [2.24, 2.45) is 0 Å². The van der Waals surface area contributed by atoms with Crippen LogP contribution in [0, 0.1) is 0 Å². The first-order valence-electron chi connectivity index (χ1n) is 40.5. The Morgan fingerprint density at radius 3 is 0.331 bits per heavy atom. The Balaban J connectivity index is 0.000000791. The molecule has 0 N–H and O–H groups in total. The number of ether oxygens (including phenoxy) is 30. The van der Waals surface area contributed by atoms with Gasteiger partial charge >= 0.3 is 0 Å². The van der Waals surface area contributed by atoms with Crippen molar-refractivity contribution in [3.63, 3.8) is 0 Å². The number of hydrogen-bond donors (Lipinski definition) is 0. The number of rotatable bonds is 86. The average molecular weight is 1680 g/mol. The first kappa shape index (κ1) is 110. The zero-order valence-corrected chi connectivity index (χ0v) is 71.4. The Bertz CT molecular complexity index is 2670. The van der Waals surface area contributed by atoms with E-state index in [-0.39, 0.29) is 0 Å². The molecule has 0 fully saturated rings. The number of hydrogen-bond acceptors (Lipinski definition) is 30. The van der Waals surface area contributed by atoms with E-state index in [0.717, 1.165) is 45.3 Å². The van der Waals surface area contributed by atoms with Crippen LogP contribution in [0.2, 0.25) is 0 Å². The number of methoxy groups -OCH3 is 4. The SMILES string of the molecule is C=Cc1ccc(OCCOCCOCCOCCOCCOC)cc1.C=Cc1ccc(OCCOCCOCCOCCOCCOCCOC)cc1.C=Cc1ccc(OCCOCCOCCOCCOCCOCCOCCOC)cc1.C=Cc1ccc(OCCOCCOCCOCCOCCOCCOCCOCCOC)cc1. The third-order valence-electron chi connectivity index (χ3n) is 14.9. The van der Waals surface area contributed by atoms with Crippen LogP contribution in [0.3, 0.4) is 0 Å². The fraction of sp³-hybridized carbons (Fsp3) is 0.636. The monoisotopic (exact) mass is 1680 g/mol. The topological polar surface area (TPSA) is 277 Å². The van der Waals surface area contributed by atoms with Gasteiger partial charge in [0.25, 0.3) is 0 Å². The first-order chi connectivity index (χ1) is 58.5. The van der Waals surface area contributed by atoms with Crippen molar-refractivity contribution in [1.82, 2.24) is 0 Å². The summed E-state index contributed by atoms with van der Waals surface area (Å²) in [4.78, 5) is 0. The van der Waals surface area contributed by atoms with Crippen molar-refractivity contribution in [3.8, 4) is 23.0 Å². The first-order valence-corrected chi connectivity index (χ1v) is 40.5. The largest absolute Gasteiger partial charge is 0.491 e. The van der Waals surface area contributed by atoms with Gasteiger partial charge in [-0.15, -0.1) is 0 Å². The molecule has 4 aromatic carbocycles. The third kappa shape index (κ3) is 79.8. The minimum atomic E-state index is 0.500. The molecule has 0 aromatic heterocycles. The predicted octanol–water partition coefficient (Wildman–Crippen LogP) is 9.78. The highest BCUT2D eigenvalue weighted by Gasteiger charge is 2.04. The van der Waals surface area contributed by atoms with Gasteiger partial charge in [0.05, 0.1) is 317 Å². The van der Waals surface area contributed by atoms with Crippen LogP contribution >= 0.6 is 0 Å². The summed E-state index contributed by atoms with van der Waals surface area (Å²) in [6.45, 7) is 43.3. The standard InChI is InChI=1S/C25H42O9.C23H38O8.C21H34O7.C19H30O6/c1-3-24-4-6-25(7-5-24)34-23-22-33-21-20-32-19-18-31-17-16-30-15-14-29-13-12-28-11-10-27-9-8-26-2;1-3-22-4-6-23(7-5-22)31-21-20-30-19-18-29-17-16-28-15-14-27-13-12-26-11-10-25-9-8-24-2;1-3-20-4-6-21(7-5-20)28-19-18-27-17-16-26-15-14-25-13-12-24-11-10-23-9-8-22-2;1-3-18-4-6-19(7-5-18)25-17-16-24-15-14-23-13-12-22-11-10-21-9-8-20-2/h3-7H,1,8-23H2,2H3;3-7H,1,8-21H2,2H3;3-7H,1,8-19H2,2H3;3-7H,1,8-17H2,2H3. The van der Waals surface area contributed by atoms with Crippen LogP contribution in [0.1, 0.15) is 22.3 Å². The van der Waals surface area contributed by atoms with Crippen LogP contribution in [0.25, 0.3) is 24.3 Å². The molecule has 30 nitrogen and oxygen atoms in total. The van der Waals surface area contributed by atoms with E-state index in [1.54, 1.807) is 52.7 Å². The molecule has 0 spiro atoms. The summed E-state index contributed by atoms with van der Waals surface area (Å²) in [5, 5.41) is 0. The zero-order chi connectivity index (χ0) is 84.7. The lowest BCUT2D eigenvalue weighted by molar-refractivity contribution is -0.0227. The van der Waals surface area contributed by atoms with Crippen molar-refractivity contribution in [1.29, 1.82) is 0 Å². The van der Waals surface area contributed by atoms with Crippen LogP contribution in [-0.2, 0) is 123 Å². The maximum absolute atomic E-state index is 5.60. The van der Waals surface area contributed by atoms with Crippen molar-refractivity contribution in [2.45, 2.75) is 0 Å². The van der Waals surface area contributed by atoms with Crippen LogP contribution in [0.5, 0.6) is 23.0 Å². The van der Waals surface area contributed by atoms with Gasteiger partial charge in [0, 0.05) is 28.4 Å². The van der Waals surface area contributed by atoms with Crippen molar-refractivity contribution >= 4 is 24.3 Å². The fourth-order valence-electron chi connectivity index (χ4n) is 8.61. The molecule has 4 aromatic rings. The molecule has 0 aliphatic heterocycles. The second kappa shape index (κ2) is 93.3. The molecule has 0 saturated heterocycles. The molecule has 0 radical (unpaired) electrons. The third-order valence-corrected chi connectivity index (χ3v) is 14.9. The minimum absolute atomic E-state index is 0.500. The van der Waals surface area contributed by atoms with Gasteiger partial charge in [-0.3, -0.25) is 0 Å². The van der Waals surface area contributed by atoms with E-state index >= 15 is 0 Å². The summed E-state index contributed by atoms with van der Waals surface area (Å²) in [5.41, 5.74) is 4.28. The molecule has 0 bridgehead atoms. The molecule has 0 heterocycles. The summed E-state index contributed by atoms with van der Waals surface area (Å²) < 4.78 is 161. The van der Waals surface area contributed by atoms with Crippen LogP contribution in [0.4, 0.5) is 0 Å². The Kier molecular flexibility index (Phi) is 87.0. The van der Waals surface area contributed by atoms with Gasteiger partial charge in [-0.2, -0.15) is 0 Å². The maximum atomic E-state index is 5.60. The molecule has 118 heavy (non-hydrogen) atoms. The second-order valence-electron chi connectivity index (χ2n) is 23.9. The van der Waals surface area contributed by atoms with Gasteiger partial charge in [-0.05, 0) is 70.8 Å². The lowest BCUT2D eigenvalue weighted by Crippen LogP contribution is -2.15. The molecule has 0 aliphatic rings. The lowest BCUT2D eigenvalue weighted by atomic mass is 10.2. The molecular weight excluding hydrogens is 1540 g/mol.